The molecular weight excluding hydrogens is 729 g/mol. The van der Waals surface area contributed by atoms with Gasteiger partial charge in [-0.15, -0.1) is 0 Å². The highest BCUT2D eigenvalue weighted by atomic mass is 16.4. The lowest BCUT2D eigenvalue weighted by Gasteiger charge is -2.13. The van der Waals surface area contributed by atoms with E-state index in [1.807, 2.05) is 97.1 Å². The van der Waals surface area contributed by atoms with Crippen molar-refractivity contribution < 1.29 is 8.83 Å². The molecule has 0 saturated carbocycles. The van der Waals surface area contributed by atoms with E-state index in [-0.39, 0.29) is 0 Å². The molecule has 12 aromatic rings. The standard InChI is InChI=1S/C51H30N6O2/c1-5-15-43-38(11-1)39-12-2-6-16-44(39)57(43)42-17-9-10-35-30-36(28-29-37(35)42)49-55-47(31-20-24-33(25-21-31)50-52-40-13-3-7-18-45(40)58-50)54-48(56-49)32-22-26-34(27-23-32)51-53-41-14-4-8-19-46(41)59-51/h1-30H. The molecule has 0 aliphatic heterocycles. The van der Waals surface area contributed by atoms with Gasteiger partial charge in [0.15, 0.2) is 28.6 Å². The van der Waals surface area contributed by atoms with Gasteiger partial charge in [-0.3, -0.25) is 0 Å². The zero-order valence-electron chi connectivity index (χ0n) is 31.3. The summed E-state index contributed by atoms with van der Waals surface area (Å²) in [6, 6.07) is 61.6. The van der Waals surface area contributed by atoms with Crippen LogP contribution in [-0.2, 0) is 0 Å². The lowest BCUT2D eigenvalue weighted by Crippen LogP contribution is -2.00. The summed E-state index contributed by atoms with van der Waals surface area (Å²) in [5.41, 5.74) is 10.9. The number of rotatable bonds is 6. The molecule has 12 rings (SSSR count). The lowest BCUT2D eigenvalue weighted by atomic mass is 10.0. The molecule has 4 heterocycles. The van der Waals surface area contributed by atoms with Gasteiger partial charge in [-0.05, 0) is 78.2 Å². The fourth-order valence-corrected chi connectivity index (χ4v) is 8.06. The van der Waals surface area contributed by atoms with Crippen LogP contribution in [0.15, 0.2) is 191 Å². The average molecular weight is 759 g/mol. The Morgan fingerprint density at radius 1 is 0.339 bits per heavy atom. The van der Waals surface area contributed by atoms with E-state index >= 15 is 0 Å². The van der Waals surface area contributed by atoms with Gasteiger partial charge in [0.25, 0.3) is 0 Å². The van der Waals surface area contributed by atoms with Gasteiger partial charge in [-0.2, -0.15) is 0 Å². The summed E-state index contributed by atoms with van der Waals surface area (Å²) >= 11 is 0. The maximum atomic E-state index is 6.06. The molecule has 0 atom stereocenters. The molecule has 59 heavy (non-hydrogen) atoms. The maximum Gasteiger partial charge on any atom is 0.227 e. The van der Waals surface area contributed by atoms with E-state index in [1.54, 1.807) is 0 Å². The van der Waals surface area contributed by atoms with Crippen LogP contribution in [0.2, 0.25) is 0 Å². The van der Waals surface area contributed by atoms with Crippen molar-refractivity contribution in [2.75, 3.05) is 0 Å². The number of nitrogens with zero attached hydrogens (tertiary/aromatic N) is 6. The molecule has 0 aliphatic carbocycles. The minimum absolute atomic E-state index is 0.552. The maximum absolute atomic E-state index is 6.06. The van der Waals surface area contributed by atoms with Gasteiger partial charge in [0.1, 0.15) is 11.0 Å². The van der Waals surface area contributed by atoms with Crippen LogP contribution in [0.25, 0.3) is 118 Å². The van der Waals surface area contributed by atoms with Crippen molar-refractivity contribution in [2.24, 2.45) is 0 Å². The van der Waals surface area contributed by atoms with E-state index in [0.717, 1.165) is 66.5 Å². The van der Waals surface area contributed by atoms with Crippen LogP contribution in [0.5, 0.6) is 0 Å². The number of para-hydroxylation sites is 6. The van der Waals surface area contributed by atoms with Gasteiger partial charge < -0.3 is 13.4 Å². The fraction of sp³-hybridized carbons (Fsp3) is 0. The summed E-state index contributed by atoms with van der Waals surface area (Å²) in [6.45, 7) is 0. The van der Waals surface area contributed by atoms with Crippen LogP contribution >= 0.6 is 0 Å². The molecule has 4 aromatic heterocycles. The van der Waals surface area contributed by atoms with Crippen LogP contribution < -0.4 is 0 Å². The Labute approximate surface area is 336 Å². The van der Waals surface area contributed by atoms with Crippen molar-refractivity contribution in [3.05, 3.63) is 182 Å². The second kappa shape index (κ2) is 13.2. The smallest absolute Gasteiger partial charge is 0.227 e. The predicted octanol–water partition coefficient (Wildman–Crippen LogP) is 12.7. The van der Waals surface area contributed by atoms with Crippen molar-refractivity contribution in [1.82, 2.24) is 29.5 Å². The summed E-state index contributed by atoms with van der Waals surface area (Å²) in [5, 5.41) is 4.66. The largest absolute Gasteiger partial charge is 0.436 e. The normalized spacial score (nSPS) is 11.7. The number of aromatic nitrogens is 6. The summed E-state index contributed by atoms with van der Waals surface area (Å²) in [7, 11) is 0. The minimum atomic E-state index is 0.552. The van der Waals surface area contributed by atoms with Crippen LogP contribution in [0.3, 0.4) is 0 Å². The Morgan fingerprint density at radius 3 is 1.34 bits per heavy atom. The first kappa shape index (κ1) is 33.0. The molecule has 0 bridgehead atoms. The topological polar surface area (TPSA) is 95.7 Å². The third-order valence-electron chi connectivity index (χ3n) is 10.9. The summed E-state index contributed by atoms with van der Waals surface area (Å²) in [4.78, 5) is 24.6. The Hall–Kier alpha value is -8.23. The van der Waals surface area contributed by atoms with Gasteiger partial charge in [-0.25, -0.2) is 24.9 Å². The number of hydrogen-bond donors (Lipinski definition) is 0. The second-order valence-corrected chi connectivity index (χ2v) is 14.5. The molecule has 0 spiro atoms. The average Bonchev–Trinajstić information content (AvgIpc) is 4.03. The van der Waals surface area contributed by atoms with Gasteiger partial charge >= 0.3 is 0 Å². The highest BCUT2D eigenvalue weighted by molar-refractivity contribution is 6.10. The third kappa shape index (κ3) is 5.57. The zero-order valence-corrected chi connectivity index (χ0v) is 31.3. The highest BCUT2D eigenvalue weighted by Gasteiger charge is 2.18. The molecule has 0 amide bonds. The van der Waals surface area contributed by atoms with E-state index in [1.165, 1.54) is 21.8 Å². The van der Waals surface area contributed by atoms with Crippen molar-refractivity contribution in [2.45, 2.75) is 0 Å². The van der Waals surface area contributed by atoms with E-state index in [4.69, 9.17) is 33.8 Å². The van der Waals surface area contributed by atoms with Gasteiger partial charge in [-0.1, -0.05) is 109 Å². The zero-order chi connectivity index (χ0) is 38.9. The Kier molecular flexibility index (Phi) is 7.36. The number of hydrogen-bond acceptors (Lipinski definition) is 7. The Balaban J connectivity index is 0.972. The van der Waals surface area contributed by atoms with E-state index in [0.29, 0.717) is 29.3 Å². The third-order valence-corrected chi connectivity index (χ3v) is 10.9. The molecular formula is C51H30N6O2. The summed E-state index contributed by atoms with van der Waals surface area (Å²) < 4.78 is 14.5. The second-order valence-electron chi connectivity index (χ2n) is 14.5. The fourth-order valence-electron chi connectivity index (χ4n) is 8.06. The molecule has 0 unspecified atom stereocenters. The van der Waals surface area contributed by atoms with Crippen LogP contribution in [0.4, 0.5) is 0 Å². The molecule has 8 aromatic carbocycles. The van der Waals surface area contributed by atoms with Gasteiger partial charge in [0.2, 0.25) is 11.8 Å². The van der Waals surface area contributed by atoms with Crippen molar-refractivity contribution in [3.8, 4) is 62.8 Å². The lowest BCUT2D eigenvalue weighted by molar-refractivity contribution is 0.619. The van der Waals surface area contributed by atoms with Crippen molar-refractivity contribution in [3.63, 3.8) is 0 Å². The summed E-state index contributed by atoms with van der Waals surface area (Å²) in [5.74, 6) is 2.79. The van der Waals surface area contributed by atoms with E-state index < -0.39 is 0 Å². The molecule has 276 valence electrons. The molecule has 8 heteroatoms. The van der Waals surface area contributed by atoms with Crippen molar-refractivity contribution in [1.29, 1.82) is 0 Å². The molecule has 0 radical (unpaired) electrons. The van der Waals surface area contributed by atoms with Gasteiger partial charge in [0.05, 0.1) is 16.7 Å². The number of benzene rings is 8. The van der Waals surface area contributed by atoms with Crippen LogP contribution in [-0.4, -0.2) is 29.5 Å². The van der Waals surface area contributed by atoms with Crippen LogP contribution in [0, 0.1) is 0 Å². The minimum Gasteiger partial charge on any atom is -0.436 e. The molecule has 0 saturated heterocycles. The number of fused-ring (bicyclic) bond motifs is 6. The first-order valence-corrected chi connectivity index (χ1v) is 19.4. The molecule has 8 nitrogen and oxygen atoms in total. The van der Waals surface area contributed by atoms with E-state index in [2.05, 4.69) is 89.5 Å². The quantitative estimate of drug-likeness (QED) is 0.167. The van der Waals surface area contributed by atoms with Crippen LogP contribution in [0.1, 0.15) is 0 Å². The Bertz CT molecular complexity index is 3310. The monoisotopic (exact) mass is 758 g/mol. The van der Waals surface area contributed by atoms with E-state index in [9.17, 15) is 0 Å². The first-order valence-electron chi connectivity index (χ1n) is 19.4. The summed E-state index contributed by atoms with van der Waals surface area (Å²) in [6.07, 6.45) is 0. The highest BCUT2D eigenvalue weighted by Crippen LogP contribution is 2.36. The molecule has 0 fully saturated rings. The predicted molar refractivity (Wildman–Crippen MR) is 234 cm³/mol. The molecule has 0 aliphatic rings. The molecule has 0 N–H and O–H groups in total. The van der Waals surface area contributed by atoms with Crippen molar-refractivity contribution >= 4 is 54.8 Å². The van der Waals surface area contributed by atoms with Gasteiger partial charge in [0, 0.05) is 44.0 Å². The number of oxazole rings is 2. The SMILES string of the molecule is c1cc(-n2c3ccccc3c3ccccc32)c2ccc(-c3nc(-c4ccc(-c5nc6ccccc6o5)cc4)nc(-c4ccc(-c5nc6ccccc6o5)cc4)n3)cc2c1. The Morgan fingerprint density at radius 2 is 0.797 bits per heavy atom. The first-order chi connectivity index (χ1) is 29.2.